The zero-order valence-corrected chi connectivity index (χ0v) is 15.4. The van der Waals surface area contributed by atoms with Gasteiger partial charge in [0, 0.05) is 24.0 Å². The first-order chi connectivity index (χ1) is 13.1. The number of furan rings is 1. The van der Waals surface area contributed by atoms with Gasteiger partial charge >= 0.3 is 0 Å². The zero-order chi connectivity index (χ0) is 19.2. The number of nitrogens with zero attached hydrogens (tertiary/aromatic N) is 1. The number of rotatable bonds is 9. The maximum Gasteiger partial charge on any atom is 0.228 e. The highest BCUT2D eigenvalue weighted by Gasteiger charge is 2.17. The average molecular weight is 361 g/mol. The molecule has 4 heteroatoms. The fraction of sp³-hybridized carbons (Fsp3) is 0.174. The van der Waals surface area contributed by atoms with Gasteiger partial charge < -0.3 is 9.15 Å². The molecule has 4 nitrogen and oxygen atoms in total. The Labute approximate surface area is 159 Å². The lowest BCUT2D eigenvalue weighted by Crippen LogP contribution is -2.37. The number of hydrogen-bond acceptors (Lipinski definition) is 4. The minimum absolute atomic E-state index is 0.168. The summed E-state index contributed by atoms with van der Waals surface area (Å²) in [7, 11) is 0. The van der Waals surface area contributed by atoms with Crippen molar-refractivity contribution in [1.82, 2.24) is 4.90 Å². The first-order valence-electron chi connectivity index (χ1n) is 8.88. The van der Waals surface area contributed by atoms with Gasteiger partial charge in [-0.15, -0.1) is 13.2 Å². The van der Waals surface area contributed by atoms with Gasteiger partial charge in [-0.1, -0.05) is 42.5 Å². The van der Waals surface area contributed by atoms with Gasteiger partial charge in [-0.05, 0) is 31.2 Å². The Kier molecular flexibility index (Phi) is 5.89. The van der Waals surface area contributed by atoms with Gasteiger partial charge in [-0.3, -0.25) is 9.69 Å². The smallest absolute Gasteiger partial charge is 0.228 e. The minimum Gasteiger partial charge on any atom is -0.475 e. The van der Waals surface area contributed by atoms with E-state index in [1.807, 2.05) is 55.5 Å². The van der Waals surface area contributed by atoms with Crippen LogP contribution < -0.4 is 4.74 Å². The molecule has 0 spiro atoms. The summed E-state index contributed by atoms with van der Waals surface area (Å²) in [6.45, 7) is 10.9. The van der Waals surface area contributed by atoms with E-state index in [9.17, 15) is 4.79 Å². The molecule has 0 N–H and O–H groups in total. The molecule has 27 heavy (non-hydrogen) atoms. The molecule has 3 rings (SSSR count). The van der Waals surface area contributed by atoms with Crippen molar-refractivity contribution in [3.05, 3.63) is 91.2 Å². The normalized spacial score (nSPS) is 12.1. The van der Waals surface area contributed by atoms with E-state index >= 15 is 0 Å². The lowest BCUT2D eigenvalue weighted by atomic mass is 10.1. The Morgan fingerprint density at radius 3 is 2.56 bits per heavy atom. The molecule has 1 atom stereocenters. The third-order valence-corrected chi connectivity index (χ3v) is 4.29. The first kappa shape index (κ1) is 18.7. The van der Waals surface area contributed by atoms with Crippen molar-refractivity contribution in [1.29, 1.82) is 0 Å². The molecule has 3 aromatic rings. The molecule has 1 heterocycles. The van der Waals surface area contributed by atoms with Crippen molar-refractivity contribution in [2.45, 2.75) is 13.2 Å². The second kappa shape index (κ2) is 8.52. The van der Waals surface area contributed by atoms with Crippen LogP contribution in [0.5, 0.6) is 5.75 Å². The van der Waals surface area contributed by atoms with E-state index in [4.69, 9.17) is 9.15 Å². The Hall–Kier alpha value is -3.11. The SMILES string of the molecule is C=CCN(CC=C)C(C)Oc1cccc(C(=O)c2cc3ccccc3o2)c1. The van der Waals surface area contributed by atoms with Crippen LogP contribution >= 0.6 is 0 Å². The molecule has 0 saturated carbocycles. The lowest BCUT2D eigenvalue weighted by molar-refractivity contribution is 0.0580. The largest absolute Gasteiger partial charge is 0.475 e. The van der Waals surface area contributed by atoms with Crippen molar-refractivity contribution in [3.63, 3.8) is 0 Å². The molecule has 138 valence electrons. The van der Waals surface area contributed by atoms with Gasteiger partial charge in [-0.2, -0.15) is 0 Å². The van der Waals surface area contributed by atoms with E-state index in [2.05, 4.69) is 18.1 Å². The number of carbonyl (C=O) groups is 1. The molecule has 2 aromatic carbocycles. The van der Waals surface area contributed by atoms with Gasteiger partial charge in [0.05, 0.1) is 0 Å². The van der Waals surface area contributed by atoms with E-state index in [-0.39, 0.29) is 12.0 Å². The Balaban J connectivity index is 1.79. The Bertz CT molecular complexity index is 914. The van der Waals surface area contributed by atoms with E-state index < -0.39 is 0 Å². The van der Waals surface area contributed by atoms with Crippen LogP contribution in [0.25, 0.3) is 11.0 Å². The summed E-state index contributed by atoms with van der Waals surface area (Å²) in [6, 6.07) is 16.5. The second-order valence-electron chi connectivity index (χ2n) is 6.25. The molecule has 0 aliphatic rings. The zero-order valence-electron chi connectivity index (χ0n) is 15.4. The number of para-hydroxylation sites is 1. The number of carbonyl (C=O) groups excluding carboxylic acids is 1. The van der Waals surface area contributed by atoms with Crippen molar-refractivity contribution >= 4 is 16.8 Å². The van der Waals surface area contributed by atoms with Crippen molar-refractivity contribution in [2.75, 3.05) is 13.1 Å². The van der Waals surface area contributed by atoms with E-state index in [1.54, 1.807) is 18.2 Å². The van der Waals surface area contributed by atoms with Crippen molar-refractivity contribution in [3.8, 4) is 5.75 Å². The van der Waals surface area contributed by atoms with Gasteiger partial charge in [0.25, 0.3) is 0 Å². The Morgan fingerprint density at radius 1 is 1.11 bits per heavy atom. The van der Waals surface area contributed by atoms with Crippen LogP contribution in [-0.4, -0.2) is 30.0 Å². The summed E-state index contributed by atoms with van der Waals surface area (Å²) in [4.78, 5) is 14.9. The molecule has 1 aromatic heterocycles. The van der Waals surface area contributed by atoms with Crippen LogP contribution in [0.2, 0.25) is 0 Å². The molecule has 0 saturated heterocycles. The third-order valence-electron chi connectivity index (χ3n) is 4.29. The van der Waals surface area contributed by atoms with Crippen LogP contribution in [0.3, 0.4) is 0 Å². The predicted molar refractivity (Wildman–Crippen MR) is 108 cm³/mol. The Morgan fingerprint density at radius 2 is 1.85 bits per heavy atom. The van der Waals surface area contributed by atoms with E-state index in [0.717, 1.165) is 5.39 Å². The number of ether oxygens (including phenoxy) is 1. The molecule has 0 amide bonds. The highest BCUT2D eigenvalue weighted by Crippen LogP contribution is 2.23. The lowest BCUT2D eigenvalue weighted by Gasteiger charge is -2.27. The summed E-state index contributed by atoms with van der Waals surface area (Å²) >= 11 is 0. The molecule has 0 aliphatic heterocycles. The highest BCUT2D eigenvalue weighted by molar-refractivity contribution is 6.09. The van der Waals surface area contributed by atoms with Crippen LogP contribution in [-0.2, 0) is 0 Å². The molecular formula is C23H23NO3. The number of benzene rings is 2. The summed E-state index contributed by atoms with van der Waals surface area (Å²) in [6.07, 6.45) is 3.47. The first-order valence-corrected chi connectivity index (χ1v) is 8.88. The van der Waals surface area contributed by atoms with Crippen molar-refractivity contribution < 1.29 is 13.9 Å². The van der Waals surface area contributed by atoms with Gasteiger partial charge in [0.15, 0.2) is 5.76 Å². The molecular weight excluding hydrogens is 338 g/mol. The summed E-state index contributed by atoms with van der Waals surface area (Å²) < 4.78 is 11.7. The van der Waals surface area contributed by atoms with E-state index in [1.165, 1.54) is 0 Å². The monoisotopic (exact) mass is 361 g/mol. The van der Waals surface area contributed by atoms with Crippen LogP contribution in [0.1, 0.15) is 23.0 Å². The summed E-state index contributed by atoms with van der Waals surface area (Å²) in [5, 5.41) is 0.909. The predicted octanol–water partition coefficient (Wildman–Crippen LogP) is 5.06. The molecule has 0 fully saturated rings. The fourth-order valence-electron chi connectivity index (χ4n) is 2.92. The quantitative estimate of drug-likeness (QED) is 0.303. The van der Waals surface area contributed by atoms with E-state index in [0.29, 0.717) is 35.7 Å². The minimum atomic E-state index is -0.183. The molecule has 1 unspecified atom stereocenters. The number of fused-ring (bicyclic) bond motifs is 1. The summed E-state index contributed by atoms with van der Waals surface area (Å²) in [5.74, 6) is 0.780. The van der Waals surface area contributed by atoms with Gasteiger partial charge in [0.2, 0.25) is 5.78 Å². The number of hydrogen-bond donors (Lipinski definition) is 0. The number of ketones is 1. The van der Waals surface area contributed by atoms with Crippen LogP contribution in [0, 0.1) is 0 Å². The topological polar surface area (TPSA) is 42.7 Å². The maximum absolute atomic E-state index is 12.8. The standard InChI is InChI=1S/C23H23NO3/c1-4-13-24(14-5-2)17(3)26-20-11-8-10-19(15-20)23(25)22-16-18-9-6-7-12-21(18)27-22/h4-12,15-17H,1-2,13-14H2,3H3. The molecule has 0 bridgehead atoms. The maximum atomic E-state index is 12.8. The second-order valence-corrected chi connectivity index (χ2v) is 6.25. The average Bonchev–Trinajstić information content (AvgIpc) is 3.11. The van der Waals surface area contributed by atoms with Gasteiger partial charge in [-0.25, -0.2) is 0 Å². The van der Waals surface area contributed by atoms with Crippen LogP contribution in [0.4, 0.5) is 0 Å². The van der Waals surface area contributed by atoms with Crippen LogP contribution in [0.15, 0.2) is 84.3 Å². The third kappa shape index (κ3) is 4.36. The van der Waals surface area contributed by atoms with Gasteiger partial charge in [0.1, 0.15) is 17.6 Å². The molecule has 0 aliphatic carbocycles. The molecule has 0 radical (unpaired) electrons. The highest BCUT2D eigenvalue weighted by atomic mass is 16.5. The van der Waals surface area contributed by atoms with Crippen molar-refractivity contribution in [2.24, 2.45) is 0 Å². The summed E-state index contributed by atoms with van der Waals surface area (Å²) in [5.41, 5.74) is 1.23. The fourth-order valence-corrected chi connectivity index (χ4v) is 2.92.